The van der Waals surface area contributed by atoms with Gasteiger partial charge in [0.25, 0.3) is 0 Å². The summed E-state index contributed by atoms with van der Waals surface area (Å²) in [7, 11) is 0. The quantitative estimate of drug-likeness (QED) is 0.599. The van der Waals surface area contributed by atoms with E-state index in [1.54, 1.807) is 17.0 Å². The molecule has 1 aromatic carbocycles. The highest BCUT2D eigenvalue weighted by Crippen LogP contribution is 2.52. The van der Waals surface area contributed by atoms with Gasteiger partial charge in [-0.3, -0.25) is 5.10 Å². The van der Waals surface area contributed by atoms with Gasteiger partial charge in [0.15, 0.2) is 0 Å². The Kier molecular flexibility index (Phi) is 6.40. The molecule has 2 aliphatic rings. The van der Waals surface area contributed by atoms with Gasteiger partial charge in [-0.25, -0.2) is 4.79 Å². The van der Waals surface area contributed by atoms with E-state index in [-0.39, 0.29) is 29.4 Å². The highest BCUT2D eigenvalue weighted by molar-refractivity contribution is 5.69. The maximum atomic E-state index is 12.2. The van der Waals surface area contributed by atoms with Crippen LogP contribution in [-0.4, -0.2) is 39.9 Å². The second-order valence-electron chi connectivity index (χ2n) is 10.7. The normalized spacial score (nSPS) is 19.1. The van der Waals surface area contributed by atoms with Crippen molar-refractivity contribution in [3.8, 4) is 29.9 Å². The first-order valence-electron chi connectivity index (χ1n) is 12.1. The van der Waals surface area contributed by atoms with Crippen LogP contribution in [0.2, 0.25) is 0 Å². The number of nitrogens with zero attached hydrogens (tertiary/aromatic N) is 4. The van der Waals surface area contributed by atoms with Crippen molar-refractivity contribution in [3.63, 3.8) is 0 Å². The summed E-state index contributed by atoms with van der Waals surface area (Å²) in [6.07, 6.45) is -0.350. The van der Waals surface area contributed by atoms with Crippen LogP contribution in [0.25, 0.3) is 0 Å². The van der Waals surface area contributed by atoms with Crippen molar-refractivity contribution < 1.29 is 14.3 Å². The summed E-state index contributed by atoms with van der Waals surface area (Å²) in [6, 6.07) is 9.86. The van der Waals surface area contributed by atoms with Crippen LogP contribution in [0, 0.1) is 53.3 Å². The predicted molar refractivity (Wildman–Crippen MR) is 136 cm³/mol. The highest BCUT2D eigenvalue weighted by Gasteiger charge is 2.50. The van der Waals surface area contributed by atoms with Crippen LogP contribution < -0.4 is 10.5 Å². The Morgan fingerprint density at radius 3 is 2.51 bits per heavy atom. The van der Waals surface area contributed by atoms with E-state index in [4.69, 9.17) is 15.2 Å². The second kappa shape index (κ2) is 9.22. The average molecular weight is 499 g/mol. The molecule has 1 atom stereocenters. The minimum absolute atomic E-state index is 0.00298. The van der Waals surface area contributed by atoms with Crippen molar-refractivity contribution >= 4 is 6.09 Å². The van der Waals surface area contributed by atoms with Crippen LogP contribution in [0.3, 0.4) is 0 Å². The Balaban J connectivity index is 1.74. The molecule has 0 spiro atoms. The van der Waals surface area contributed by atoms with Gasteiger partial charge in [-0.15, -0.1) is 5.10 Å². The lowest BCUT2D eigenvalue weighted by atomic mass is 9.61. The molecular formula is C28H30N6O3. The van der Waals surface area contributed by atoms with Crippen molar-refractivity contribution in [2.45, 2.75) is 52.6 Å². The molecule has 4 rings (SSSR count). The number of fused-ring (bicyclic) bond motifs is 1. The number of nitriles is 2. The van der Waals surface area contributed by atoms with Crippen LogP contribution in [0.15, 0.2) is 29.7 Å². The smallest absolute Gasteiger partial charge is 0.410 e. The Morgan fingerprint density at radius 1 is 1.24 bits per heavy atom. The van der Waals surface area contributed by atoms with E-state index in [1.165, 1.54) is 0 Å². The first-order chi connectivity index (χ1) is 17.4. The van der Waals surface area contributed by atoms with Gasteiger partial charge in [-0.1, -0.05) is 25.7 Å². The number of allylic oxidation sites excluding steroid dienone is 1. The molecule has 1 fully saturated rings. The Hall–Kier alpha value is -4.42. The monoisotopic (exact) mass is 498 g/mol. The fraction of sp³-hybridized carbons (Fsp3) is 0.429. The number of aromatic nitrogens is 2. The molecule has 0 saturated carbocycles. The molecule has 0 bridgehead atoms. The van der Waals surface area contributed by atoms with Crippen LogP contribution in [0.1, 0.15) is 62.6 Å². The highest BCUT2D eigenvalue weighted by atomic mass is 16.6. The standard InChI is InChI=1S/C28H30N6O3/c1-16(2)28(22(13-30)24(31)36-25-23(28)17(3)32-33-25)21-10-18(9-20(11-21)12-29)7-8-19-14-34(15-19)26(35)37-27(4,5)6/h9-11,16,19H,14-15,31H2,1-6H3,(H,32,33). The first kappa shape index (κ1) is 25.7. The molecule has 3 N–H and O–H groups in total. The average Bonchev–Trinajstić information content (AvgIpc) is 3.15. The van der Waals surface area contributed by atoms with E-state index < -0.39 is 11.0 Å². The van der Waals surface area contributed by atoms with Crippen molar-refractivity contribution in [3.05, 3.63) is 57.6 Å². The molecular weight excluding hydrogens is 468 g/mol. The number of nitrogens with one attached hydrogen (secondary N) is 1. The van der Waals surface area contributed by atoms with Gasteiger partial charge < -0.3 is 20.1 Å². The van der Waals surface area contributed by atoms with Gasteiger partial charge >= 0.3 is 6.09 Å². The summed E-state index contributed by atoms with van der Waals surface area (Å²) in [5.74, 6) is 6.55. The Labute approximate surface area is 216 Å². The molecule has 1 amide bonds. The number of carbonyl (C=O) groups is 1. The lowest BCUT2D eigenvalue weighted by Gasteiger charge is -2.41. The third-order valence-electron chi connectivity index (χ3n) is 6.60. The van der Waals surface area contributed by atoms with Gasteiger partial charge in [0.05, 0.1) is 28.5 Å². The van der Waals surface area contributed by atoms with Gasteiger partial charge in [0.2, 0.25) is 11.8 Å². The zero-order valence-corrected chi connectivity index (χ0v) is 21.9. The van der Waals surface area contributed by atoms with Crippen molar-refractivity contribution in [2.75, 3.05) is 13.1 Å². The van der Waals surface area contributed by atoms with Crippen LogP contribution in [0.4, 0.5) is 4.79 Å². The minimum Gasteiger partial charge on any atom is -0.444 e. The molecule has 9 nitrogen and oxygen atoms in total. The SMILES string of the molecule is Cc1[nH]nc2c1C(c1cc(C#N)cc(C#CC3CN(C(=O)OC(C)(C)C)C3)c1)(C(C)C)C(C#N)=C(N)O2. The molecule has 190 valence electrons. The van der Waals surface area contributed by atoms with Crippen molar-refractivity contribution in [1.29, 1.82) is 10.5 Å². The second-order valence-corrected chi connectivity index (χ2v) is 10.7. The number of aromatic amines is 1. The molecule has 2 aromatic rings. The molecule has 9 heteroatoms. The Morgan fingerprint density at radius 2 is 1.92 bits per heavy atom. The summed E-state index contributed by atoms with van der Waals surface area (Å²) >= 11 is 0. The van der Waals surface area contributed by atoms with E-state index in [0.717, 1.165) is 5.69 Å². The van der Waals surface area contributed by atoms with E-state index in [2.05, 4.69) is 34.2 Å². The lowest BCUT2D eigenvalue weighted by Crippen LogP contribution is -2.51. The molecule has 37 heavy (non-hydrogen) atoms. The van der Waals surface area contributed by atoms with Gasteiger partial charge in [0.1, 0.15) is 17.2 Å². The van der Waals surface area contributed by atoms with E-state index in [1.807, 2.05) is 47.6 Å². The summed E-state index contributed by atoms with van der Waals surface area (Å²) < 4.78 is 11.1. The molecule has 1 aromatic heterocycles. The molecule has 2 aliphatic heterocycles. The summed E-state index contributed by atoms with van der Waals surface area (Å²) in [4.78, 5) is 13.8. The van der Waals surface area contributed by atoms with Crippen molar-refractivity contribution in [1.82, 2.24) is 15.1 Å². The number of benzene rings is 1. The number of amides is 1. The fourth-order valence-corrected chi connectivity index (χ4v) is 4.99. The summed E-state index contributed by atoms with van der Waals surface area (Å²) in [5, 5.41) is 27.2. The summed E-state index contributed by atoms with van der Waals surface area (Å²) in [5.41, 5.74) is 8.16. The number of nitrogens with two attached hydrogens (primary N) is 1. The van der Waals surface area contributed by atoms with Gasteiger partial charge in [-0.2, -0.15) is 10.5 Å². The molecule has 1 unspecified atom stereocenters. The van der Waals surface area contributed by atoms with Crippen LogP contribution in [0.5, 0.6) is 5.88 Å². The third-order valence-corrected chi connectivity index (χ3v) is 6.60. The topological polar surface area (TPSA) is 141 Å². The third kappa shape index (κ3) is 4.47. The maximum Gasteiger partial charge on any atom is 0.410 e. The van der Waals surface area contributed by atoms with E-state index >= 15 is 0 Å². The first-order valence-corrected chi connectivity index (χ1v) is 12.1. The number of H-pyrrole nitrogens is 1. The number of hydrogen-bond donors (Lipinski definition) is 2. The Bertz CT molecular complexity index is 1430. The van der Waals surface area contributed by atoms with E-state index in [9.17, 15) is 15.3 Å². The zero-order valence-electron chi connectivity index (χ0n) is 21.9. The number of hydrogen-bond acceptors (Lipinski definition) is 7. The fourth-order valence-electron chi connectivity index (χ4n) is 4.99. The maximum absolute atomic E-state index is 12.2. The minimum atomic E-state index is -0.989. The number of carbonyl (C=O) groups excluding carboxylic acids is 1. The van der Waals surface area contributed by atoms with Crippen molar-refractivity contribution in [2.24, 2.45) is 17.6 Å². The number of aryl methyl sites for hydroxylation is 1. The predicted octanol–water partition coefficient (Wildman–Crippen LogP) is 3.84. The molecule has 0 aliphatic carbocycles. The zero-order chi connectivity index (χ0) is 27.1. The van der Waals surface area contributed by atoms with Crippen LogP contribution >= 0.6 is 0 Å². The molecule has 0 radical (unpaired) electrons. The molecule has 1 saturated heterocycles. The summed E-state index contributed by atoms with van der Waals surface area (Å²) in [6.45, 7) is 12.3. The molecule has 3 heterocycles. The largest absolute Gasteiger partial charge is 0.444 e. The number of rotatable bonds is 2. The number of likely N-dealkylation sites (tertiary alicyclic amines) is 1. The van der Waals surface area contributed by atoms with Crippen LogP contribution in [-0.2, 0) is 10.2 Å². The van der Waals surface area contributed by atoms with E-state index in [0.29, 0.717) is 41.2 Å². The lowest BCUT2D eigenvalue weighted by molar-refractivity contribution is 0.00592. The van der Waals surface area contributed by atoms with Gasteiger partial charge in [0, 0.05) is 24.3 Å². The van der Waals surface area contributed by atoms with Gasteiger partial charge in [-0.05, 0) is 57.4 Å². The number of ether oxygens (including phenoxy) is 2.